The average Bonchev–Trinajstić information content (AvgIpc) is 2.47. The van der Waals surface area contributed by atoms with E-state index in [1.807, 2.05) is 36.2 Å². The Morgan fingerprint density at radius 1 is 1.40 bits per heavy atom. The number of carbonyl (C=O) groups excluding carboxylic acids is 1. The number of piperidine rings is 1. The summed E-state index contributed by atoms with van der Waals surface area (Å²) >= 11 is 7.62. The van der Waals surface area contributed by atoms with Crippen molar-refractivity contribution in [3.63, 3.8) is 0 Å². The molecule has 3 nitrogen and oxygen atoms in total. The minimum Gasteiger partial charge on any atom is -0.342 e. The van der Waals surface area contributed by atoms with Gasteiger partial charge in [0.05, 0.1) is 10.8 Å². The van der Waals surface area contributed by atoms with E-state index in [0.717, 1.165) is 42.4 Å². The first kappa shape index (κ1) is 15.7. The molecule has 0 bridgehead atoms. The number of halogens is 1. The summed E-state index contributed by atoms with van der Waals surface area (Å²) in [5.74, 6) is 1.40. The molecule has 1 aromatic carbocycles. The van der Waals surface area contributed by atoms with Crippen molar-refractivity contribution in [3.05, 3.63) is 29.3 Å². The van der Waals surface area contributed by atoms with E-state index in [-0.39, 0.29) is 5.91 Å². The molecule has 1 fully saturated rings. The summed E-state index contributed by atoms with van der Waals surface area (Å²) in [7, 11) is 1.98. The largest absolute Gasteiger partial charge is 0.342 e. The van der Waals surface area contributed by atoms with Crippen molar-refractivity contribution in [1.82, 2.24) is 10.2 Å². The van der Waals surface area contributed by atoms with Crippen molar-refractivity contribution >= 4 is 29.3 Å². The smallest absolute Gasteiger partial charge is 0.232 e. The van der Waals surface area contributed by atoms with E-state index < -0.39 is 0 Å². The fourth-order valence-corrected chi connectivity index (χ4v) is 3.61. The van der Waals surface area contributed by atoms with Crippen molar-refractivity contribution in [2.45, 2.75) is 17.7 Å². The van der Waals surface area contributed by atoms with Crippen LogP contribution in [0.15, 0.2) is 29.2 Å². The van der Waals surface area contributed by atoms with Crippen molar-refractivity contribution < 1.29 is 4.79 Å². The molecule has 0 unspecified atom stereocenters. The van der Waals surface area contributed by atoms with Gasteiger partial charge in [-0.25, -0.2) is 0 Å². The third-order valence-corrected chi connectivity index (χ3v) is 5.15. The van der Waals surface area contributed by atoms with Gasteiger partial charge in [0.15, 0.2) is 0 Å². The molecule has 1 aliphatic heterocycles. The Morgan fingerprint density at radius 3 is 2.75 bits per heavy atom. The highest BCUT2D eigenvalue weighted by atomic mass is 35.5. The van der Waals surface area contributed by atoms with E-state index in [1.54, 1.807) is 0 Å². The SMILES string of the molecule is CNCC1CCN(C(=O)CSc2ccccc2Cl)CC1. The summed E-state index contributed by atoms with van der Waals surface area (Å²) in [5.41, 5.74) is 0. The second-order valence-corrected chi connectivity index (χ2v) is 6.53. The van der Waals surface area contributed by atoms with Gasteiger partial charge >= 0.3 is 0 Å². The van der Waals surface area contributed by atoms with Crippen LogP contribution in [0.3, 0.4) is 0 Å². The molecular weight excluding hydrogens is 292 g/mol. The number of hydrogen-bond acceptors (Lipinski definition) is 3. The first-order valence-electron chi connectivity index (χ1n) is 7.00. The number of nitrogens with zero attached hydrogens (tertiary/aromatic N) is 1. The minimum absolute atomic E-state index is 0.220. The van der Waals surface area contributed by atoms with Crippen molar-refractivity contribution in [3.8, 4) is 0 Å². The summed E-state index contributed by atoms with van der Waals surface area (Å²) in [6.45, 7) is 2.82. The molecule has 5 heteroatoms. The van der Waals surface area contributed by atoms with Gasteiger partial charge in [0, 0.05) is 18.0 Å². The van der Waals surface area contributed by atoms with Gasteiger partial charge in [0.2, 0.25) is 5.91 Å². The van der Waals surface area contributed by atoms with Crippen molar-refractivity contribution in [2.24, 2.45) is 5.92 Å². The van der Waals surface area contributed by atoms with Crippen LogP contribution in [0.2, 0.25) is 5.02 Å². The Morgan fingerprint density at radius 2 is 2.10 bits per heavy atom. The van der Waals surface area contributed by atoms with Gasteiger partial charge in [-0.05, 0) is 44.5 Å². The Labute approximate surface area is 130 Å². The lowest BCUT2D eigenvalue weighted by molar-refractivity contribution is -0.129. The maximum Gasteiger partial charge on any atom is 0.232 e. The number of amides is 1. The van der Waals surface area contributed by atoms with Crippen LogP contribution in [-0.2, 0) is 4.79 Å². The first-order valence-corrected chi connectivity index (χ1v) is 8.36. The lowest BCUT2D eigenvalue weighted by Gasteiger charge is -2.32. The van der Waals surface area contributed by atoms with Crippen LogP contribution in [-0.4, -0.2) is 43.2 Å². The quantitative estimate of drug-likeness (QED) is 0.849. The predicted octanol–water partition coefficient (Wildman–Crippen LogP) is 2.89. The Balaban J connectivity index is 1.77. The molecule has 110 valence electrons. The first-order chi connectivity index (χ1) is 9.70. The van der Waals surface area contributed by atoms with Gasteiger partial charge in [0.1, 0.15) is 0 Å². The molecule has 0 radical (unpaired) electrons. The standard InChI is InChI=1S/C15H21ClN2OS/c1-17-10-12-6-8-18(9-7-12)15(19)11-20-14-5-3-2-4-13(14)16/h2-5,12,17H,6-11H2,1H3. The topological polar surface area (TPSA) is 32.3 Å². The van der Waals surface area contributed by atoms with Crippen LogP contribution < -0.4 is 5.32 Å². The maximum absolute atomic E-state index is 12.2. The normalized spacial score (nSPS) is 16.4. The highest BCUT2D eigenvalue weighted by Crippen LogP contribution is 2.27. The summed E-state index contributed by atoms with van der Waals surface area (Å²) in [5, 5.41) is 3.93. The van der Waals surface area contributed by atoms with Crippen LogP contribution in [0.4, 0.5) is 0 Å². The molecule has 1 N–H and O–H groups in total. The summed E-state index contributed by atoms with van der Waals surface area (Å²) in [4.78, 5) is 15.2. The molecule has 0 aliphatic carbocycles. The van der Waals surface area contributed by atoms with Gasteiger partial charge in [0.25, 0.3) is 0 Å². The van der Waals surface area contributed by atoms with Crippen LogP contribution >= 0.6 is 23.4 Å². The van der Waals surface area contributed by atoms with Gasteiger partial charge in [-0.3, -0.25) is 4.79 Å². The number of thioether (sulfide) groups is 1. The Bertz CT molecular complexity index is 447. The van der Waals surface area contributed by atoms with Crippen LogP contribution in [0.25, 0.3) is 0 Å². The number of nitrogens with one attached hydrogen (secondary N) is 1. The van der Waals surface area contributed by atoms with Gasteiger partial charge in [-0.15, -0.1) is 11.8 Å². The number of likely N-dealkylation sites (tertiary alicyclic amines) is 1. The van der Waals surface area contributed by atoms with E-state index in [0.29, 0.717) is 11.7 Å². The predicted molar refractivity (Wildman–Crippen MR) is 85.4 cm³/mol. The fourth-order valence-electron chi connectivity index (χ4n) is 2.47. The third-order valence-electron chi connectivity index (χ3n) is 3.65. The second kappa shape index (κ2) is 7.91. The zero-order chi connectivity index (χ0) is 14.4. The Kier molecular flexibility index (Phi) is 6.20. The van der Waals surface area contributed by atoms with Gasteiger partial charge in [-0.2, -0.15) is 0 Å². The van der Waals surface area contributed by atoms with Gasteiger partial charge in [-0.1, -0.05) is 23.7 Å². The molecule has 0 aromatic heterocycles. The van der Waals surface area contributed by atoms with E-state index >= 15 is 0 Å². The van der Waals surface area contributed by atoms with E-state index in [2.05, 4.69) is 5.32 Å². The second-order valence-electron chi connectivity index (χ2n) is 5.10. The number of hydrogen-bond donors (Lipinski definition) is 1. The lowest BCUT2D eigenvalue weighted by atomic mass is 9.97. The van der Waals surface area contributed by atoms with Crippen LogP contribution in [0.1, 0.15) is 12.8 Å². The molecule has 0 atom stereocenters. The maximum atomic E-state index is 12.2. The molecule has 2 rings (SSSR count). The van der Waals surface area contributed by atoms with Crippen LogP contribution in [0, 0.1) is 5.92 Å². The lowest BCUT2D eigenvalue weighted by Crippen LogP contribution is -2.41. The molecule has 0 spiro atoms. The van der Waals surface area contributed by atoms with E-state index in [1.165, 1.54) is 11.8 Å². The van der Waals surface area contributed by atoms with Crippen molar-refractivity contribution in [2.75, 3.05) is 32.4 Å². The summed E-state index contributed by atoms with van der Waals surface area (Å²) < 4.78 is 0. The molecule has 1 saturated heterocycles. The molecule has 1 aromatic rings. The zero-order valence-corrected chi connectivity index (χ0v) is 13.3. The van der Waals surface area contributed by atoms with E-state index in [9.17, 15) is 4.79 Å². The van der Waals surface area contributed by atoms with Crippen LogP contribution in [0.5, 0.6) is 0 Å². The zero-order valence-electron chi connectivity index (χ0n) is 11.8. The highest BCUT2D eigenvalue weighted by molar-refractivity contribution is 8.00. The van der Waals surface area contributed by atoms with E-state index in [4.69, 9.17) is 11.6 Å². The number of carbonyl (C=O) groups is 1. The molecule has 1 heterocycles. The summed E-state index contributed by atoms with van der Waals surface area (Å²) in [6.07, 6.45) is 2.20. The monoisotopic (exact) mass is 312 g/mol. The molecule has 20 heavy (non-hydrogen) atoms. The third kappa shape index (κ3) is 4.40. The minimum atomic E-state index is 0.220. The number of rotatable bonds is 5. The Hall–Kier alpha value is -0.710. The molecular formula is C15H21ClN2OS. The molecule has 1 amide bonds. The summed E-state index contributed by atoms with van der Waals surface area (Å²) in [6, 6.07) is 7.67. The molecule has 0 saturated carbocycles. The fraction of sp³-hybridized carbons (Fsp3) is 0.533. The molecule has 1 aliphatic rings. The number of benzene rings is 1. The van der Waals surface area contributed by atoms with Gasteiger partial charge < -0.3 is 10.2 Å². The van der Waals surface area contributed by atoms with Crippen molar-refractivity contribution in [1.29, 1.82) is 0 Å². The average molecular weight is 313 g/mol. The highest BCUT2D eigenvalue weighted by Gasteiger charge is 2.22.